The first kappa shape index (κ1) is 15.9. The lowest BCUT2D eigenvalue weighted by Crippen LogP contribution is -2.05. The van der Waals surface area contributed by atoms with Gasteiger partial charge in [0.05, 0.1) is 19.2 Å². The number of ether oxygens (including phenoxy) is 1. The molecule has 5 heteroatoms. The van der Waals surface area contributed by atoms with Crippen molar-refractivity contribution in [2.45, 2.75) is 13.3 Å². The van der Waals surface area contributed by atoms with E-state index in [0.29, 0.717) is 5.82 Å². The van der Waals surface area contributed by atoms with Crippen LogP contribution in [0.1, 0.15) is 12.7 Å². The van der Waals surface area contributed by atoms with E-state index in [1.54, 1.807) is 19.2 Å². The summed E-state index contributed by atoms with van der Waals surface area (Å²) in [6.07, 6.45) is 2.06. The molecule has 0 amide bonds. The number of Topliss-reactive ketones (excluding diaryl/α,β-unsaturated/α-hetero) is 1. The van der Waals surface area contributed by atoms with E-state index < -0.39 is 0 Å². The number of nitrogens with zero attached hydrogens (tertiary/aromatic N) is 2. The van der Waals surface area contributed by atoms with Crippen LogP contribution in [-0.2, 0) is 11.2 Å². The van der Waals surface area contributed by atoms with Gasteiger partial charge in [0.1, 0.15) is 23.2 Å². The van der Waals surface area contributed by atoms with Crippen LogP contribution in [0.2, 0.25) is 0 Å². The predicted octanol–water partition coefficient (Wildman–Crippen LogP) is 3.82. The largest absolute Gasteiger partial charge is 0.497 e. The minimum Gasteiger partial charge on any atom is -0.497 e. The summed E-state index contributed by atoms with van der Waals surface area (Å²) in [5.41, 5.74) is 2.38. The second-order valence-electron chi connectivity index (χ2n) is 5.50. The lowest BCUT2D eigenvalue weighted by atomic mass is 10.1. The van der Waals surface area contributed by atoms with E-state index >= 15 is 0 Å². The monoisotopic (exact) mass is 324 g/mol. The standard InChI is InChI=1S/C19H17FN2O2/c1-13(23)10-19-21-18(14-4-3-5-17(11-14)24-2)12-22(19)16-8-6-15(20)7-9-16/h3-9,11-12H,10H2,1-2H3. The smallest absolute Gasteiger partial charge is 0.137 e. The van der Waals surface area contributed by atoms with Crippen LogP contribution < -0.4 is 4.74 Å². The number of carbonyl (C=O) groups excluding carboxylic acids is 1. The Hall–Kier alpha value is -2.95. The maximum absolute atomic E-state index is 13.2. The van der Waals surface area contributed by atoms with Gasteiger partial charge in [-0.15, -0.1) is 0 Å². The average Bonchev–Trinajstić information content (AvgIpc) is 2.99. The molecular formula is C19H17FN2O2. The topological polar surface area (TPSA) is 44.1 Å². The molecule has 0 fully saturated rings. The second kappa shape index (κ2) is 6.66. The number of ketones is 1. The summed E-state index contributed by atoms with van der Waals surface area (Å²) in [6, 6.07) is 13.7. The minimum absolute atomic E-state index is 0.0150. The number of hydrogen-bond donors (Lipinski definition) is 0. The number of aromatic nitrogens is 2. The molecule has 0 saturated heterocycles. The Labute approximate surface area is 139 Å². The predicted molar refractivity (Wildman–Crippen MR) is 89.9 cm³/mol. The van der Waals surface area contributed by atoms with Gasteiger partial charge in [-0.3, -0.25) is 4.79 Å². The van der Waals surface area contributed by atoms with Crippen molar-refractivity contribution in [1.82, 2.24) is 9.55 Å². The van der Waals surface area contributed by atoms with E-state index in [2.05, 4.69) is 4.98 Å². The summed E-state index contributed by atoms with van der Waals surface area (Å²) in [5.74, 6) is 1.06. The number of hydrogen-bond acceptors (Lipinski definition) is 3. The first-order chi connectivity index (χ1) is 11.6. The zero-order valence-corrected chi connectivity index (χ0v) is 13.5. The van der Waals surface area contributed by atoms with Gasteiger partial charge in [0.2, 0.25) is 0 Å². The molecule has 0 bridgehead atoms. The molecule has 0 aliphatic heterocycles. The van der Waals surface area contributed by atoms with Gasteiger partial charge in [-0.25, -0.2) is 9.37 Å². The maximum Gasteiger partial charge on any atom is 0.137 e. The zero-order chi connectivity index (χ0) is 17.1. The summed E-state index contributed by atoms with van der Waals surface area (Å²) < 4.78 is 20.2. The number of halogens is 1. The average molecular weight is 324 g/mol. The molecule has 1 aromatic heterocycles. The zero-order valence-electron chi connectivity index (χ0n) is 13.5. The van der Waals surface area contributed by atoms with Gasteiger partial charge < -0.3 is 9.30 Å². The highest BCUT2D eigenvalue weighted by Crippen LogP contribution is 2.25. The van der Waals surface area contributed by atoms with Crippen LogP contribution in [0, 0.1) is 5.82 Å². The Morgan fingerprint density at radius 3 is 2.62 bits per heavy atom. The van der Waals surface area contributed by atoms with E-state index in [-0.39, 0.29) is 18.0 Å². The highest BCUT2D eigenvalue weighted by atomic mass is 19.1. The lowest BCUT2D eigenvalue weighted by molar-refractivity contribution is -0.116. The highest BCUT2D eigenvalue weighted by molar-refractivity contribution is 5.78. The van der Waals surface area contributed by atoms with E-state index in [9.17, 15) is 9.18 Å². The second-order valence-corrected chi connectivity index (χ2v) is 5.50. The van der Waals surface area contributed by atoms with Gasteiger partial charge in [0, 0.05) is 17.4 Å². The van der Waals surface area contributed by atoms with Crippen molar-refractivity contribution in [3.8, 4) is 22.7 Å². The van der Waals surface area contributed by atoms with Crippen molar-refractivity contribution in [2.75, 3.05) is 7.11 Å². The number of carbonyl (C=O) groups is 1. The van der Waals surface area contributed by atoms with Crippen LogP contribution in [0.25, 0.3) is 16.9 Å². The quantitative estimate of drug-likeness (QED) is 0.716. The van der Waals surface area contributed by atoms with Crippen LogP contribution in [-0.4, -0.2) is 22.4 Å². The third-order valence-corrected chi connectivity index (χ3v) is 3.66. The van der Waals surface area contributed by atoms with Gasteiger partial charge in [0.15, 0.2) is 0 Å². The van der Waals surface area contributed by atoms with Gasteiger partial charge in [0.25, 0.3) is 0 Å². The summed E-state index contributed by atoms with van der Waals surface area (Å²) in [5, 5.41) is 0. The fourth-order valence-electron chi connectivity index (χ4n) is 2.51. The van der Waals surface area contributed by atoms with E-state index in [1.165, 1.54) is 19.1 Å². The van der Waals surface area contributed by atoms with Gasteiger partial charge in [-0.05, 0) is 43.3 Å². The van der Waals surface area contributed by atoms with Gasteiger partial charge in [-0.1, -0.05) is 12.1 Å². The normalized spacial score (nSPS) is 10.6. The molecule has 122 valence electrons. The van der Waals surface area contributed by atoms with Crippen LogP contribution in [0.15, 0.2) is 54.7 Å². The third-order valence-electron chi connectivity index (χ3n) is 3.66. The third kappa shape index (κ3) is 3.35. The van der Waals surface area contributed by atoms with Crippen molar-refractivity contribution in [3.63, 3.8) is 0 Å². The van der Waals surface area contributed by atoms with Crippen molar-refractivity contribution in [3.05, 3.63) is 66.4 Å². The van der Waals surface area contributed by atoms with Gasteiger partial charge in [-0.2, -0.15) is 0 Å². The molecule has 24 heavy (non-hydrogen) atoms. The molecule has 3 rings (SSSR count). The minimum atomic E-state index is -0.306. The summed E-state index contributed by atoms with van der Waals surface area (Å²) >= 11 is 0. The molecule has 0 aliphatic rings. The number of benzene rings is 2. The molecule has 0 radical (unpaired) electrons. The van der Waals surface area contributed by atoms with E-state index in [1.807, 2.05) is 35.0 Å². The highest BCUT2D eigenvalue weighted by Gasteiger charge is 2.13. The van der Waals surface area contributed by atoms with Crippen LogP contribution >= 0.6 is 0 Å². The van der Waals surface area contributed by atoms with Gasteiger partial charge >= 0.3 is 0 Å². The molecule has 0 spiro atoms. The number of imidazole rings is 1. The van der Waals surface area contributed by atoms with E-state index in [4.69, 9.17) is 4.74 Å². The molecule has 0 saturated carbocycles. The molecule has 3 aromatic rings. The fraction of sp³-hybridized carbons (Fsp3) is 0.158. The molecule has 0 N–H and O–H groups in total. The Kier molecular flexibility index (Phi) is 4.42. The Bertz CT molecular complexity index is 869. The van der Waals surface area contributed by atoms with Crippen molar-refractivity contribution < 1.29 is 13.9 Å². The lowest BCUT2D eigenvalue weighted by Gasteiger charge is -2.06. The maximum atomic E-state index is 13.2. The van der Waals surface area contributed by atoms with Crippen LogP contribution in [0.5, 0.6) is 5.75 Å². The SMILES string of the molecule is COc1cccc(-c2cn(-c3ccc(F)cc3)c(CC(C)=O)n2)c1. The molecule has 0 aliphatic carbocycles. The Balaban J connectivity index is 2.08. The fourth-order valence-corrected chi connectivity index (χ4v) is 2.51. The van der Waals surface area contributed by atoms with Crippen LogP contribution in [0.4, 0.5) is 4.39 Å². The summed E-state index contributed by atoms with van der Waals surface area (Å²) in [6.45, 7) is 1.52. The Morgan fingerprint density at radius 1 is 1.21 bits per heavy atom. The molecule has 1 heterocycles. The van der Waals surface area contributed by atoms with Crippen LogP contribution in [0.3, 0.4) is 0 Å². The number of rotatable bonds is 5. The van der Waals surface area contributed by atoms with Crippen molar-refractivity contribution in [1.29, 1.82) is 0 Å². The summed E-state index contributed by atoms with van der Waals surface area (Å²) in [7, 11) is 1.61. The molecule has 4 nitrogen and oxygen atoms in total. The molecule has 0 unspecified atom stereocenters. The Morgan fingerprint density at radius 2 is 1.96 bits per heavy atom. The molecule has 0 atom stereocenters. The molecule has 2 aromatic carbocycles. The molecular weight excluding hydrogens is 307 g/mol. The van der Waals surface area contributed by atoms with Crippen molar-refractivity contribution >= 4 is 5.78 Å². The summed E-state index contributed by atoms with van der Waals surface area (Å²) in [4.78, 5) is 16.2. The van der Waals surface area contributed by atoms with E-state index in [0.717, 1.165) is 22.7 Å². The first-order valence-corrected chi connectivity index (χ1v) is 7.55. The first-order valence-electron chi connectivity index (χ1n) is 7.55. The van der Waals surface area contributed by atoms with Crippen molar-refractivity contribution in [2.24, 2.45) is 0 Å². The number of methoxy groups -OCH3 is 1.